The van der Waals surface area contributed by atoms with Gasteiger partial charge in [0.1, 0.15) is 0 Å². The quantitative estimate of drug-likeness (QED) is 0.825. The Balaban J connectivity index is 1.38. The lowest BCUT2D eigenvalue weighted by Gasteiger charge is -2.38. The van der Waals surface area contributed by atoms with Gasteiger partial charge in [0.25, 0.3) is 0 Å². The van der Waals surface area contributed by atoms with Crippen LogP contribution in [-0.4, -0.2) is 74.1 Å². The van der Waals surface area contributed by atoms with Gasteiger partial charge in [-0.05, 0) is 57.1 Å². The zero-order valence-corrected chi connectivity index (χ0v) is 16.5. The molecule has 6 heteroatoms. The highest BCUT2D eigenvalue weighted by atomic mass is 35.5. The molecule has 1 N–H and O–H groups in total. The van der Waals surface area contributed by atoms with Crippen LogP contribution < -0.4 is 10.2 Å². The Morgan fingerprint density at radius 1 is 1.04 bits per heavy atom. The van der Waals surface area contributed by atoms with Gasteiger partial charge >= 0.3 is 0 Å². The van der Waals surface area contributed by atoms with E-state index in [0.29, 0.717) is 0 Å². The van der Waals surface area contributed by atoms with Crippen LogP contribution in [0.5, 0.6) is 0 Å². The highest BCUT2D eigenvalue weighted by Gasteiger charge is 2.25. The third kappa shape index (κ3) is 5.35. The Morgan fingerprint density at radius 3 is 2.35 bits per heavy atom. The fourth-order valence-corrected chi connectivity index (χ4v) is 3.98. The number of carbonyl (C=O) groups excluding carboxylic acids is 1. The van der Waals surface area contributed by atoms with Crippen molar-refractivity contribution < 1.29 is 4.79 Å². The average molecular weight is 379 g/mol. The summed E-state index contributed by atoms with van der Waals surface area (Å²) in [5, 5.41) is 3.89. The van der Waals surface area contributed by atoms with Gasteiger partial charge in [-0.3, -0.25) is 9.69 Å². The third-order valence-corrected chi connectivity index (χ3v) is 5.86. The molecule has 3 rings (SSSR count). The number of nitrogens with one attached hydrogen (secondary N) is 1. The lowest BCUT2D eigenvalue weighted by Crippen LogP contribution is -2.54. The van der Waals surface area contributed by atoms with Gasteiger partial charge in [0, 0.05) is 50.0 Å². The molecule has 5 nitrogen and oxygen atoms in total. The van der Waals surface area contributed by atoms with Crippen LogP contribution in [-0.2, 0) is 4.79 Å². The third-order valence-electron chi connectivity index (χ3n) is 5.61. The molecule has 144 valence electrons. The summed E-state index contributed by atoms with van der Waals surface area (Å²) in [4.78, 5) is 19.6. The maximum absolute atomic E-state index is 12.5. The summed E-state index contributed by atoms with van der Waals surface area (Å²) in [5.74, 6) is 0.155. The second-order valence-corrected chi connectivity index (χ2v) is 7.81. The number of benzene rings is 1. The van der Waals surface area contributed by atoms with Gasteiger partial charge in [-0.1, -0.05) is 18.0 Å². The molecule has 0 aromatic heterocycles. The minimum Gasteiger partial charge on any atom is -0.369 e. The smallest absolute Gasteiger partial charge is 0.237 e. The van der Waals surface area contributed by atoms with Crippen molar-refractivity contribution in [2.24, 2.45) is 0 Å². The monoisotopic (exact) mass is 378 g/mol. The van der Waals surface area contributed by atoms with Gasteiger partial charge in [0.15, 0.2) is 0 Å². The molecule has 2 aliphatic rings. The Labute approximate surface area is 162 Å². The van der Waals surface area contributed by atoms with E-state index in [1.807, 2.05) is 19.1 Å². The molecule has 1 aromatic carbocycles. The number of nitrogens with zero attached hydrogens (tertiary/aromatic N) is 3. The molecule has 0 unspecified atom stereocenters. The number of piperazine rings is 1. The van der Waals surface area contributed by atoms with Crippen LogP contribution in [0.25, 0.3) is 0 Å². The molecule has 0 bridgehead atoms. The van der Waals surface area contributed by atoms with E-state index in [9.17, 15) is 4.79 Å². The minimum atomic E-state index is -0.0660. The number of piperidine rings is 1. The largest absolute Gasteiger partial charge is 0.369 e. The van der Waals surface area contributed by atoms with Gasteiger partial charge < -0.3 is 15.1 Å². The van der Waals surface area contributed by atoms with Crippen LogP contribution in [0.1, 0.15) is 26.2 Å². The van der Waals surface area contributed by atoms with E-state index in [-0.39, 0.29) is 11.9 Å². The summed E-state index contributed by atoms with van der Waals surface area (Å²) in [5.41, 5.74) is 1.20. The Bertz CT molecular complexity index is 566. The fourth-order valence-electron chi connectivity index (χ4n) is 3.85. The maximum Gasteiger partial charge on any atom is 0.237 e. The zero-order valence-electron chi connectivity index (χ0n) is 15.8. The van der Waals surface area contributed by atoms with E-state index in [0.717, 1.165) is 44.3 Å². The SMILES string of the molecule is C[C@@H](C(=O)NCCN1CCCCC1)N1CCN(c2ccc(Cl)cc2)CC1. The second kappa shape index (κ2) is 9.58. The van der Waals surface area contributed by atoms with Crippen LogP contribution in [0.15, 0.2) is 24.3 Å². The number of carbonyl (C=O) groups is 1. The molecule has 1 amide bonds. The van der Waals surface area contributed by atoms with Crippen LogP contribution >= 0.6 is 11.6 Å². The number of halogens is 1. The number of likely N-dealkylation sites (tertiary alicyclic amines) is 1. The summed E-state index contributed by atoms with van der Waals surface area (Å²) in [6.45, 7) is 9.80. The van der Waals surface area contributed by atoms with Crippen molar-refractivity contribution in [3.05, 3.63) is 29.3 Å². The van der Waals surface area contributed by atoms with Gasteiger partial charge in [-0.25, -0.2) is 0 Å². The van der Waals surface area contributed by atoms with Crippen LogP contribution in [0, 0.1) is 0 Å². The predicted molar refractivity (Wildman–Crippen MR) is 108 cm³/mol. The summed E-state index contributed by atoms with van der Waals surface area (Å²) < 4.78 is 0. The molecule has 2 aliphatic heterocycles. The van der Waals surface area contributed by atoms with Gasteiger partial charge in [0.2, 0.25) is 5.91 Å². The summed E-state index contributed by atoms with van der Waals surface area (Å²) in [6, 6.07) is 7.93. The van der Waals surface area contributed by atoms with Crippen molar-refractivity contribution in [3.63, 3.8) is 0 Å². The van der Waals surface area contributed by atoms with E-state index >= 15 is 0 Å². The first-order chi connectivity index (χ1) is 12.6. The molecule has 2 saturated heterocycles. The number of hydrogen-bond acceptors (Lipinski definition) is 4. The highest BCUT2D eigenvalue weighted by Crippen LogP contribution is 2.20. The fraction of sp³-hybridized carbons (Fsp3) is 0.650. The molecule has 1 atom stereocenters. The first-order valence-electron chi connectivity index (χ1n) is 9.88. The van der Waals surface area contributed by atoms with Crippen LogP contribution in [0.4, 0.5) is 5.69 Å². The standard InChI is InChI=1S/C20H31ClN4O/c1-17(20(26)22-9-12-23-10-3-2-4-11-23)24-13-15-25(16-14-24)19-7-5-18(21)6-8-19/h5-8,17H,2-4,9-16H2,1H3,(H,22,26)/t17-/m0/s1. The first kappa shape index (κ1) is 19.5. The van der Waals surface area contributed by atoms with Gasteiger partial charge in [-0.2, -0.15) is 0 Å². The normalized spacial score (nSPS) is 20.8. The number of amides is 1. The summed E-state index contributed by atoms with van der Waals surface area (Å²) in [6.07, 6.45) is 3.94. The van der Waals surface area contributed by atoms with Gasteiger partial charge in [-0.15, -0.1) is 0 Å². The molecule has 1 aromatic rings. The molecular weight excluding hydrogens is 348 g/mol. The first-order valence-corrected chi connectivity index (χ1v) is 10.3. The van der Waals surface area contributed by atoms with Gasteiger partial charge in [0.05, 0.1) is 6.04 Å². The predicted octanol–water partition coefficient (Wildman–Crippen LogP) is 2.45. The van der Waals surface area contributed by atoms with Crippen molar-refractivity contribution in [2.75, 3.05) is 57.3 Å². The Kier molecular flexibility index (Phi) is 7.17. The molecule has 0 spiro atoms. The summed E-state index contributed by atoms with van der Waals surface area (Å²) >= 11 is 5.97. The maximum atomic E-state index is 12.5. The number of rotatable bonds is 6. The molecule has 0 radical (unpaired) electrons. The van der Waals surface area contributed by atoms with Crippen LogP contribution in [0.2, 0.25) is 5.02 Å². The van der Waals surface area contributed by atoms with Crippen molar-refractivity contribution in [3.8, 4) is 0 Å². The van der Waals surface area contributed by atoms with E-state index in [4.69, 9.17) is 11.6 Å². The number of hydrogen-bond donors (Lipinski definition) is 1. The molecule has 0 aliphatic carbocycles. The average Bonchev–Trinajstić information content (AvgIpc) is 2.69. The van der Waals surface area contributed by atoms with Crippen LogP contribution in [0.3, 0.4) is 0 Å². The molecule has 2 heterocycles. The highest BCUT2D eigenvalue weighted by molar-refractivity contribution is 6.30. The van der Waals surface area contributed by atoms with Crippen molar-refractivity contribution >= 4 is 23.2 Å². The van der Waals surface area contributed by atoms with E-state index < -0.39 is 0 Å². The Hall–Kier alpha value is -1.30. The van der Waals surface area contributed by atoms with Crippen molar-refractivity contribution in [1.82, 2.24) is 15.1 Å². The zero-order chi connectivity index (χ0) is 18.4. The molecule has 26 heavy (non-hydrogen) atoms. The molecule has 0 saturated carbocycles. The van der Waals surface area contributed by atoms with Crippen molar-refractivity contribution in [2.45, 2.75) is 32.2 Å². The van der Waals surface area contributed by atoms with E-state index in [1.165, 1.54) is 38.0 Å². The summed E-state index contributed by atoms with van der Waals surface area (Å²) in [7, 11) is 0. The lowest BCUT2D eigenvalue weighted by atomic mass is 10.1. The lowest BCUT2D eigenvalue weighted by molar-refractivity contribution is -0.126. The Morgan fingerprint density at radius 2 is 1.69 bits per heavy atom. The molecule has 2 fully saturated rings. The van der Waals surface area contributed by atoms with E-state index in [2.05, 4.69) is 32.1 Å². The molecular formula is C20H31ClN4O. The minimum absolute atomic E-state index is 0.0660. The number of anilines is 1. The van der Waals surface area contributed by atoms with E-state index in [1.54, 1.807) is 0 Å². The van der Waals surface area contributed by atoms with Crippen molar-refractivity contribution in [1.29, 1.82) is 0 Å². The second-order valence-electron chi connectivity index (χ2n) is 7.37. The topological polar surface area (TPSA) is 38.8 Å².